The number of hydrogen-bond donors (Lipinski definition) is 1. The van der Waals surface area contributed by atoms with Gasteiger partial charge in [0.05, 0.1) is 5.00 Å². The summed E-state index contributed by atoms with van der Waals surface area (Å²) in [6.45, 7) is 9.16. The minimum absolute atomic E-state index is 0.293. The number of hydrogen-bond acceptors (Lipinski definition) is 5. The molecule has 0 bridgehead atoms. The molecule has 2 aliphatic rings. The van der Waals surface area contributed by atoms with Gasteiger partial charge in [0.2, 0.25) is 0 Å². The van der Waals surface area contributed by atoms with Gasteiger partial charge in [0, 0.05) is 57.7 Å². The molecule has 0 saturated carbocycles. The number of aliphatic imine (C=N–C) groups is 1. The summed E-state index contributed by atoms with van der Waals surface area (Å²) in [4.78, 5) is 9.42. The number of guanidine groups is 1. The van der Waals surface area contributed by atoms with Gasteiger partial charge in [0.25, 0.3) is 0 Å². The third-order valence-corrected chi connectivity index (χ3v) is 7.41. The fourth-order valence-corrected chi connectivity index (χ4v) is 5.61. The summed E-state index contributed by atoms with van der Waals surface area (Å²) in [5, 5.41) is 7.20. The van der Waals surface area contributed by atoms with Gasteiger partial charge < -0.3 is 19.9 Å². The molecule has 2 aliphatic heterocycles. The van der Waals surface area contributed by atoms with Crippen LogP contribution in [0, 0.1) is 0 Å². The molecular weight excluding hydrogens is 352 g/mol. The molecular formula is C18H30N4OS2. The second-order valence-electron chi connectivity index (χ2n) is 6.55. The molecule has 0 amide bonds. The van der Waals surface area contributed by atoms with Gasteiger partial charge in [-0.25, -0.2) is 0 Å². The highest BCUT2D eigenvalue weighted by Gasteiger charge is 2.33. The third-order valence-electron chi connectivity index (χ3n) is 5.03. The number of ether oxygens (including phenoxy) is 1. The van der Waals surface area contributed by atoms with E-state index in [1.807, 2.05) is 18.4 Å². The van der Waals surface area contributed by atoms with Gasteiger partial charge in [-0.2, -0.15) is 11.8 Å². The molecule has 1 N–H and O–H groups in total. The van der Waals surface area contributed by atoms with E-state index in [9.17, 15) is 0 Å². The van der Waals surface area contributed by atoms with Gasteiger partial charge in [-0.1, -0.05) is 6.92 Å². The fraction of sp³-hybridized carbons (Fsp3) is 0.722. The van der Waals surface area contributed by atoms with Crippen LogP contribution in [0.5, 0.6) is 0 Å². The summed E-state index contributed by atoms with van der Waals surface area (Å²) in [6, 6.07) is 4.34. The highest BCUT2D eigenvalue weighted by molar-refractivity contribution is 8.00. The molecule has 0 spiro atoms. The van der Waals surface area contributed by atoms with Crippen LogP contribution in [0.15, 0.2) is 22.5 Å². The lowest BCUT2D eigenvalue weighted by Crippen LogP contribution is -2.55. The van der Waals surface area contributed by atoms with Crippen molar-refractivity contribution in [2.45, 2.75) is 24.5 Å². The fourth-order valence-electron chi connectivity index (χ4n) is 3.58. The molecule has 0 aliphatic carbocycles. The molecule has 7 heteroatoms. The Morgan fingerprint density at radius 2 is 2.08 bits per heavy atom. The van der Waals surface area contributed by atoms with Crippen molar-refractivity contribution in [3.63, 3.8) is 0 Å². The highest BCUT2D eigenvalue weighted by atomic mass is 32.2. The number of anilines is 1. The molecule has 5 nitrogen and oxygen atoms in total. The first kappa shape index (κ1) is 18.9. The Hall–Kier alpha value is -0.920. The number of nitrogens with one attached hydrogen (secondary N) is 1. The lowest BCUT2D eigenvalue weighted by molar-refractivity contribution is 0.0780. The zero-order valence-electron chi connectivity index (χ0n) is 15.4. The molecule has 1 aromatic rings. The molecule has 2 fully saturated rings. The maximum absolute atomic E-state index is 5.58. The predicted molar refractivity (Wildman–Crippen MR) is 110 cm³/mol. The van der Waals surface area contributed by atoms with E-state index >= 15 is 0 Å². The van der Waals surface area contributed by atoms with Crippen LogP contribution in [-0.4, -0.2) is 74.3 Å². The van der Waals surface area contributed by atoms with Crippen LogP contribution in [0.3, 0.4) is 0 Å². The number of nitrogens with zero attached hydrogens (tertiary/aromatic N) is 3. The average Bonchev–Trinajstić information content (AvgIpc) is 3.18. The summed E-state index contributed by atoms with van der Waals surface area (Å²) in [7, 11) is 1.90. The van der Waals surface area contributed by atoms with Crippen molar-refractivity contribution >= 4 is 34.1 Å². The van der Waals surface area contributed by atoms with Crippen molar-refractivity contribution < 1.29 is 4.74 Å². The van der Waals surface area contributed by atoms with E-state index in [4.69, 9.17) is 4.74 Å². The predicted octanol–water partition coefficient (Wildman–Crippen LogP) is 2.75. The van der Waals surface area contributed by atoms with E-state index < -0.39 is 0 Å². The lowest BCUT2D eigenvalue weighted by Gasteiger charge is -2.40. The SMILES string of the molecule is CCSC1(CNC(=NC)N2CCN(c3cccs3)CC2)CCOCC1. The summed E-state index contributed by atoms with van der Waals surface area (Å²) >= 11 is 3.90. The van der Waals surface area contributed by atoms with Crippen LogP contribution in [0.25, 0.3) is 0 Å². The Bertz CT molecular complexity index is 530. The summed E-state index contributed by atoms with van der Waals surface area (Å²) < 4.78 is 5.87. The molecule has 3 heterocycles. The van der Waals surface area contributed by atoms with Gasteiger partial charge in [-0.3, -0.25) is 4.99 Å². The summed E-state index contributed by atoms with van der Waals surface area (Å²) in [5.74, 6) is 2.20. The Kier molecular flexibility index (Phi) is 6.90. The zero-order chi connectivity index (χ0) is 17.5. The van der Waals surface area contributed by atoms with E-state index in [2.05, 4.69) is 56.3 Å². The number of thiophene rings is 1. The smallest absolute Gasteiger partial charge is 0.193 e. The maximum atomic E-state index is 5.58. The Labute approximate surface area is 159 Å². The molecule has 0 aromatic carbocycles. The van der Waals surface area contributed by atoms with Crippen molar-refractivity contribution in [3.8, 4) is 0 Å². The topological polar surface area (TPSA) is 40.1 Å². The molecule has 140 valence electrons. The standard InChI is InChI=1S/C18H30N4OS2/c1-3-25-18(6-12-23-13-7-18)15-20-17(19-2)22-10-8-21(9-11-22)16-5-4-14-24-16/h4-5,14H,3,6-13,15H2,1-2H3,(H,19,20). The van der Waals surface area contributed by atoms with Crippen molar-refractivity contribution in [1.29, 1.82) is 0 Å². The Morgan fingerprint density at radius 1 is 1.32 bits per heavy atom. The Morgan fingerprint density at radius 3 is 2.68 bits per heavy atom. The minimum atomic E-state index is 0.293. The van der Waals surface area contributed by atoms with E-state index in [0.717, 1.165) is 70.5 Å². The second kappa shape index (κ2) is 9.14. The summed E-state index contributed by atoms with van der Waals surface area (Å²) in [5.41, 5.74) is 0. The molecule has 1 aromatic heterocycles. The molecule has 0 atom stereocenters. The maximum Gasteiger partial charge on any atom is 0.193 e. The Balaban J connectivity index is 1.52. The first-order valence-corrected chi connectivity index (χ1v) is 11.1. The molecule has 2 saturated heterocycles. The third kappa shape index (κ3) is 4.83. The van der Waals surface area contributed by atoms with Crippen LogP contribution < -0.4 is 10.2 Å². The normalized spacial score (nSPS) is 21.4. The lowest BCUT2D eigenvalue weighted by atomic mass is 9.99. The molecule has 0 unspecified atom stereocenters. The van der Waals surface area contributed by atoms with Crippen molar-refractivity contribution in [3.05, 3.63) is 17.5 Å². The van der Waals surface area contributed by atoms with Crippen LogP contribution in [0.2, 0.25) is 0 Å². The van der Waals surface area contributed by atoms with Crippen molar-refractivity contribution in [2.75, 3.05) is 63.6 Å². The minimum Gasteiger partial charge on any atom is -0.381 e. The van der Waals surface area contributed by atoms with Crippen LogP contribution in [0.1, 0.15) is 19.8 Å². The van der Waals surface area contributed by atoms with Gasteiger partial charge in [0.1, 0.15) is 0 Å². The van der Waals surface area contributed by atoms with E-state index in [1.54, 1.807) is 0 Å². The van der Waals surface area contributed by atoms with Crippen LogP contribution in [0.4, 0.5) is 5.00 Å². The first-order valence-electron chi connectivity index (χ1n) is 9.22. The number of thioether (sulfide) groups is 1. The first-order chi connectivity index (χ1) is 12.3. The average molecular weight is 383 g/mol. The van der Waals surface area contributed by atoms with Gasteiger partial charge in [-0.15, -0.1) is 11.3 Å². The van der Waals surface area contributed by atoms with Gasteiger partial charge >= 0.3 is 0 Å². The largest absolute Gasteiger partial charge is 0.381 e. The van der Waals surface area contributed by atoms with E-state index in [0.29, 0.717) is 4.75 Å². The van der Waals surface area contributed by atoms with E-state index in [1.165, 1.54) is 5.00 Å². The molecule has 3 rings (SSSR count). The van der Waals surface area contributed by atoms with Crippen LogP contribution >= 0.6 is 23.1 Å². The zero-order valence-corrected chi connectivity index (χ0v) is 17.0. The van der Waals surface area contributed by atoms with Crippen LogP contribution in [-0.2, 0) is 4.74 Å². The monoisotopic (exact) mass is 382 g/mol. The molecule has 25 heavy (non-hydrogen) atoms. The van der Waals surface area contributed by atoms with Gasteiger partial charge in [0.15, 0.2) is 5.96 Å². The van der Waals surface area contributed by atoms with Crippen molar-refractivity contribution in [2.24, 2.45) is 4.99 Å². The number of rotatable bonds is 5. The second-order valence-corrected chi connectivity index (χ2v) is 9.21. The summed E-state index contributed by atoms with van der Waals surface area (Å²) in [6.07, 6.45) is 2.25. The van der Waals surface area contributed by atoms with E-state index in [-0.39, 0.29) is 0 Å². The quantitative estimate of drug-likeness (QED) is 0.626. The highest BCUT2D eigenvalue weighted by Crippen LogP contribution is 2.34. The van der Waals surface area contributed by atoms with Crippen molar-refractivity contribution in [1.82, 2.24) is 10.2 Å². The molecule has 0 radical (unpaired) electrons. The number of piperazine rings is 1. The van der Waals surface area contributed by atoms with Gasteiger partial charge in [-0.05, 0) is 36.1 Å².